The molecule has 0 aliphatic rings. The first-order valence-corrected chi connectivity index (χ1v) is 12.7. The molecule has 8 heteroatoms. The standard InChI is InChI=1S/C30H27N3O4S/c1-5-19-7-9-25-23(14-19)32-29(37-25)22-15-21(13-18(4)27(22)34)31-30(38)33-28(35)26-11-10-24(36-26)20-8-6-16(2)17(3)12-20/h6-15,34H,5H2,1-4H3,(H2,31,33,35,38). The first-order chi connectivity index (χ1) is 18.2. The predicted octanol–water partition coefficient (Wildman–Crippen LogP) is 7.07. The number of rotatable bonds is 5. The molecule has 7 nitrogen and oxygen atoms in total. The molecular formula is C30H27N3O4S. The van der Waals surface area contributed by atoms with Gasteiger partial charge in [-0.05, 0) is 104 Å². The molecule has 5 rings (SSSR count). The fourth-order valence-electron chi connectivity index (χ4n) is 4.16. The number of carbonyl (C=O) groups excluding carboxylic acids is 1. The van der Waals surface area contributed by atoms with Crippen LogP contribution in [0.4, 0.5) is 5.69 Å². The Kier molecular flexibility index (Phi) is 6.73. The highest BCUT2D eigenvalue weighted by Crippen LogP contribution is 2.36. The SMILES string of the molecule is CCc1ccc2oc(-c3cc(NC(=S)NC(=O)c4ccc(-c5ccc(C)c(C)c5)o4)cc(C)c3O)nc2c1. The first kappa shape index (κ1) is 25.2. The van der Waals surface area contributed by atoms with E-state index in [4.69, 9.17) is 21.1 Å². The minimum atomic E-state index is -0.473. The van der Waals surface area contributed by atoms with Crippen molar-refractivity contribution in [1.29, 1.82) is 0 Å². The van der Waals surface area contributed by atoms with E-state index in [-0.39, 0.29) is 16.6 Å². The van der Waals surface area contributed by atoms with Gasteiger partial charge < -0.3 is 19.3 Å². The van der Waals surface area contributed by atoms with Crippen LogP contribution in [0, 0.1) is 20.8 Å². The number of thiocarbonyl (C=S) groups is 1. The zero-order chi connectivity index (χ0) is 27.0. The summed E-state index contributed by atoms with van der Waals surface area (Å²) in [6.45, 7) is 7.91. The molecule has 0 aliphatic carbocycles. The molecule has 2 heterocycles. The number of fused-ring (bicyclic) bond motifs is 1. The topological polar surface area (TPSA) is 101 Å². The number of oxazole rings is 1. The van der Waals surface area contributed by atoms with E-state index in [1.807, 2.05) is 50.2 Å². The molecule has 3 aromatic carbocycles. The van der Waals surface area contributed by atoms with Gasteiger partial charge in [0, 0.05) is 11.3 Å². The third kappa shape index (κ3) is 5.03. The molecule has 3 N–H and O–H groups in total. The highest BCUT2D eigenvalue weighted by Gasteiger charge is 2.18. The number of phenolic OH excluding ortho intramolecular Hbond substituents is 1. The highest BCUT2D eigenvalue weighted by molar-refractivity contribution is 7.80. The van der Waals surface area contributed by atoms with Crippen molar-refractivity contribution in [3.8, 4) is 28.5 Å². The number of furan rings is 1. The number of anilines is 1. The molecule has 0 spiro atoms. The Labute approximate surface area is 225 Å². The summed E-state index contributed by atoms with van der Waals surface area (Å²) < 4.78 is 11.7. The van der Waals surface area contributed by atoms with Crippen LogP contribution in [0.3, 0.4) is 0 Å². The Hall–Kier alpha value is -4.43. The van der Waals surface area contributed by atoms with Crippen molar-refractivity contribution in [2.24, 2.45) is 0 Å². The molecule has 0 fully saturated rings. The molecule has 0 saturated heterocycles. The molecule has 0 radical (unpaired) electrons. The second kappa shape index (κ2) is 10.1. The van der Waals surface area contributed by atoms with Gasteiger partial charge in [-0.2, -0.15) is 0 Å². The molecule has 0 bridgehead atoms. The van der Waals surface area contributed by atoms with Gasteiger partial charge in [-0.1, -0.05) is 25.1 Å². The summed E-state index contributed by atoms with van der Waals surface area (Å²) in [6.07, 6.45) is 0.885. The summed E-state index contributed by atoms with van der Waals surface area (Å²) in [5, 5.41) is 16.4. The van der Waals surface area contributed by atoms with E-state index in [2.05, 4.69) is 22.5 Å². The molecule has 5 aromatic rings. The van der Waals surface area contributed by atoms with Crippen molar-refractivity contribution in [3.05, 3.63) is 88.7 Å². The molecule has 0 unspecified atom stereocenters. The number of benzene rings is 3. The molecular weight excluding hydrogens is 498 g/mol. The Morgan fingerprint density at radius 1 is 0.947 bits per heavy atom. The second-order valence-corrected chi connectivity index (χ2v) is 9.64. The van der Waals surface area contributed by atoms with Gasteiger partial charge in [0.1, 0.15) is 17.0 Å². The van der Waals surface area contributed by atoms with Crippen LogP contribution in [0.2, 0.25) is 0 Å². The summed E-state index contributed by atoms with van der Waals surface area (Å²) in [4.78, 5) is 17.3. The summed E-state index contributed by atoms with van der Waals surface area (Å²) in [5.74, 6) is 0.617. The third-order valence-corrected chi connectivity index (χ3v) is 6.70. The van der Waals surface area contributed by atoms with Crippen molar-refractivity contribution in [3.63, 3.8) is 0 Å². The lowest BCUT2D eigenvalue weighted by molar-refractivity contribution is 0.0951. The normalized spacial score (nSPS) is 11.1. The summed E-state index contributed by atoms with van der Waals surface area (Å²) in [5.41, 5.74) is 7.29. The zero-order valence-corrected chi connectivity index (χ0v) is 22.3. The molecule has 2 aromatic heterocycles. The molecule has 192 valence electrons. The van der Waals surface area contributed by atoms with Crippen LogP contribution < -0.4 is 10.6 Å². The van der Waals surface area contributed by atoms with Crippen molar-refractivity contribution < 1.29 is 18.7 Å². The number of nitrogens with zero attached hydrogens (tertiary/aromatic N) is 1. The molecule has 1 amide bonds. The van der Waals surface area contributed by atoms with Gasteiger partial charge in [0.05, 0.1) is 5.56 Å². The van der Waals surface area contributed by atoms with E-state index < -0.39 is 5.91 Å². The van der Waals surface area contributed by atoms with E-state index in [1.165, 1.54) is 5.56 Å². The van der Waals surface area contributed by atoms with Crippen LogP contribution in [0.25, 0.3) is 33.9 Å². The van der Waals surface area contributed by atoms with E-state index in [0.717, 1.165) is 28.6 Å². The molecule has 38 heavy (non-hydrogen) atoms. The number of hydrogen-bond donors (Lipinski definition) is 3. The maximum absolute atomic E-state index is 12.8. The number of amides is 1. The van der Waals surface area contributed by atoms with Gasteiger partial charge in [-0.25, -0.2) is 4.98 Å². The predicted molar refractivity (Wildman–Crippen MR) is 153 cm³/mol. The zero-order valence-electron chi connectivity index (χ0n) is 21.5. The molecule has 0 atom stereocenters. The number of hydrogen-bond acceptors (Lipinski definition) is 6. The van der Waals surface area contributed by atoms with Crippen LogP contribution in [0.1, 0.15) is 39.7 Å². The average molecular weight is 526 g/mol. The Morgan fingerprint density at radius 3 is 2.53 bits per heavy atom. The maximum Gasteiger partial charge on any atom is 0.293 e. The minimum absolute atomic E-state index is 0.0576. The number of aromatic hydroxyl groups is 1. The molecule has 0 aliphatic heterocycles. The van der Waals surface area contributed by atoms with Gasteiger partial charge in [-0.15, -0.1) is 0 Å². The van der Waals surface area contributed by atoms with Gasteiger partial charge in [0.2, 0.25) is 5.89 Å². The van der Waals surface area contributed by atoms with E-state index in [1.54, 1.807) is 31.2 Å². The van der Waals surface area contributed by atoms with Crippen molar-refractivity contribution >= 4 is 40.0 Å². The van der Waals surface area contributed by atoms with E-state index in [0.29, 0.717) is 34.0 Å². The van der Waals surface area contributed by atoms with Crippen LogP contribution in [0.15, 0.2) is 69.5 Å². The van der Waals surface area contributed by atoms with Crippen LogP contribution >= 0.6 is 12.2 Å². The van der Waals surface area contributed by atoms with Gasteiger partial charge in [-0.3, -0.25) is 10.1 Å². The molecule has 0 saturated carbocycles. The largest absolute Gasteiger partial charge is 0.507 e. The van der Waals surface area contributed by atoms with Gasteiger partial charge in [0.25, 0.3) is 5.91 Å². The fraction of sp³-hybridized carbons (Fsp3) is 0.167. The number of aromatic nitrogens is 1. The number of aryl methyl sites for hydroxylation is 4. The maximum atomic E-state index is 12.8. The monoisotopic (exact) mass is 525 g/mol. The second-order valence-electron chi connectivity index (χ2n) is 9.24. The third-order valence-electron chi connectivity index (χ3n) is 6.50. The fourth-order valence-corrected chi connectivity index (χ4v) is 4.37. The summed E-state index contributed by atoms with van der Waals surface area (Å²) >= 11 is 5.37. The average Bonchev–Trinajstić information content (AvgIpc) is 3.55. The number of carbonyl (C=O) groups is 1. The Bertz CT molecular complexity index is 1700. The quantitative estimate of drug-likeness (QED) is 0.167. The van der Waals surface area contributed by atoms with Gasteiger partial charge in [0.15, 0.2) is 16.5 Å². The van der Waals surface area contributed by atoms with Crippen molar-refractivity contribution in [2.75, 3.05) is 5.32 Å². The Balaban J connectivity index is 1.32. The van der Waals surface area contributed by atoms with E-state index in [9.17, 15) is 9.90 Å². The summed E-state index contributed by atoms with van der Waals surface area (Å²) in [7, 11) is 0. The van der Waals surface area contributed by atoms with Crippen LogP contribution in [-0.4, -0.2) is 21.1 Å². The van der Waals surface area contributed by atoms with Gasteiger partial charge >= 0.3 is 0 Å². The summed E-state index contributed by atoms with van der Waals surface area (Å²) in [6, 6.07) is 18.6. The first-order valence-electron chi connectivity index (χ1n) is 12.2. The van der Waals surface area contributed by atoms with Crippen molar-refractivity contribution in [2.45, 2.75) is 34.1 Å². The lowest BCUT2D eigenvalue weighted by atomic mass is 10.1. The number of nitrogens with one attached hydrogen (secondary N) is 2. The minimum Gasteiger partial charge on any atom is -0.507 e. The smallest absolute Gasteiger partial charge is 0.293 e. The lowest BCUT2D eigenvalue weighted by Gasteiger charge is -2.12. The van der Waals surface area contributed by atoms with Crippen molar-refractivity contribution in [1.82, 2.24) is 10.3 Å². The van der Waals surface area contributed by atoms with Crippen LogP contribution in [-0.2, 0) is 6.42 Å². The highest BCUT2D eigenvalue weighted by atomic mass is 32.1. The lowest BCUT2D eigenvalue weighted by Crippen LogP contribution is -2.33. The van der Waals surface area contributed by atoms with E-state index >= 15 is 0 Å². The number of phenols is 1. The van der Waals surface area contributed by atoms with Crippen LogP contribution in [0.5, 0.6) is 5.75 Å². The Morgan fingerprint density at radius 2 is 1.76 bits per heavy atom.